The largest absolute Gasteiger partial charge is 0.396 e. The minimum atomic E-state index is -3.19. The summed E-state index contributed by atoms with van der Waals surface area (Å²) in [5, 5.41) is 12.1. The Labute approximate surface area is 115 Å². The summed E-state index contributed by atoms with van der Waals surface area (Å²) >= 11 is 0. The van der Waals surface area contributed by atoms with Gasteiger partial charge in [-0.15, -0.1) is 0 Å². The van der Waals surface area contributed by atoms with Gasteiger partial charge in [0.15, 0.2) is 9.84 Å². The van der Waals surface area contributed by atoms with Crippen molar-refractivity contribution < 1.29 is 13.5 Å². The topological polar surface area (TPSA) is 66.4 Å². The van der Waals surface area contributed by atoms with E-state index in [9.17, 15) is 8.42 Å². The van der Waals surface area contributed by atoms with Crippen LogP contribution < -0.4 is 5.32 Å². The molecule has 4 nitrogen and oxygen atoms in total. The van der Waals surface area contributed by atoms with Gasteiger partial charge in [0.2, 0.25) is 0 Å². The molecular weight excluding hydrogens is 262 g/mol. The number of para-hydroxylation sites is 1. The zero-order chi connectivity index (χ0) is 14.3. The van der Waals surface area contributed by atoms with E-state index < -0.39 is 9.84 Å². The predicted octanol–water partition coefficient (Wildman–Crippen LogP) is 2.30. The van der Waals surface area contributed by atoms with Crippen molar-refractivity contribution in [3.63, 3.8) is 0 Å². The Balaban J connectivity index is 2.64. The van der Waals surface area contributed by atoms with Crippen LogP contribution in [0.4, 0.5) is 5.69 Å². The summed E-state index contributed by atoms with van der Waals surface area (Å²) in [6, 6.07) is 6.99. The van der Waals surface area contributed by atoms with Gasteiger partial charge in [-0.05, 0) is 30.9 Å². The van der Waals surface area contributed by atoms with E-state index >= 15 is 0 Å². The fourth-order valence-electron chi connectivity index (χ4n) is 1.80. The van der Waals surface area contributed by atoms with Gasteiger partial charge in [0, 0.05) is 13.2 Å². The smallest absolute Gasteiger partial charge is 0.180 e. The summed E-state index contributed by atoms with van der Waals surface area (Å²) in [4.78, 5) is 0.368. The molecule has 1 aromatic rings. The number of aliphatic hydroxyl groups excluding tert-OH is 1. The molecule has 108 valence electrons. The molecule has 1 rings (SSSR count). The maximum Gasteiger partial charge on any atom is 0.180 e. The van der Waals surface area contributed by atoms with E-state index in [2.05, 4.69) is 5.32 Å². The van der Waals surface area contributed by atoms with E-state index in [1.807, 2.05) is 13.0 Å². The number of benzene rings is 1. The minimum Gasteiger partial charge on any atom is -0.396 e. The third kappa shape index (κ3) is 4.84. The van der Waals surface area contributed by atoms with Gasteiger partial charge in [0.25, 0.3) is 0 Å². The second-order valence-electron chi connectivity index (χ2n) is 4.76. The van der Waals surface area contributed by atoms with Gasteiger partial charge in [0.1, 0.15) is 0 Å². The SMILES string of the molecule is CCS(=O)(=O)c1ccccc1NCCCC(C)CO. The monoisotopic (exact) mass is 285 g/mol. The molecule has 0 aromatic heterocycles. The Hall–Kier alpha value is -1.07. The first-order valence-electron chi connectivity index (χ1n) is 6.67. The van der Waals surface area contributed by atoms with Crippen molar-refractivity contribution in [2.75, 3.05) is 24.2 Å². The lowest BCUT2D eigenvalue weighted by Gasteiger charge is -2.12. The van der Waals surface area contributed by atoms with E-state index in [1.54, 1.807) is 25.1 Å². The molecule has 0 radical (unpaired) electrons. The van der Waals surface area contributed by atoms with Crippen LogP contribution in [0.15, 0.2) is 29.2 Å². The van der Waals surface area contributed by atoms with E-state index in [4.69, 9.17) is 5.11 Å². The third-order valence-corrected chi connectivity index (χ3v) is 4.89. The number of nitrogens with one attached hydrogen (secondary N) is 1. The fourth-order valence-corrected chi connectivity index (χ4v) is 2.88. The number of rotatable bonds is 8. The molecular formula is C14H23NO3S. The van der Waals surface area contributed by atoms with Crippen molar-refractivity contribution >= 4 is 15.5 Å². The average molecular weight is 285 g/mol. The molecule has 19 heavy (non-hydrogen) atoms. The number of aliphatic hydroxyl groups is 1. The molecule has 2 N–H and O–H groups in total. The molecule has 1 unspecified atom stereocenters. The van der Waals surface area contributed by atoms with Gasteiger partial charge < -0.3 is 10.4 Å². The Bertz CT molecular complexity index is 485. The maximum atomic E-state index is 11.9. The highest BCUT2D eigenvalue weighted by Gasteiger charge is 2.15. The van der Waals surface area contributed by atoms with Crippen LogP contribution in [0.3, 0.4) is 0 Å². The predicted molar refractivity (Wildman–Crippen MR) is 78.1 cm³/mol. The van der Waals surface area contributed by atoms with E-state index in [0.717, 1.165) is 12.8 Å². The zero-order valence-electron chi connectivity index (χ0n) is 11.6. The summed E-state index contributed by atoms with van der Waals surface area (Å²) < 4.78 is 23.9. The lowest BCUT2D eigenvalue weighted by Crippen LogP contribution is -2.11. The van der Waals surface area contributed by atoms with Crippen molar-refractivity contribution in [1.29, 1.82) is 0 Å². The minimum absolute atomic E-state index is 0.104. The van der Waals surface area contributed by atoms with Crippen LogP contribution >= 0.6 is 0 Å². The van der Waals surface area contributed by atoms with E-state index in [0.29, 0.717) is 17.1 Å². The maximum absolute atomic E-state index is 11.9. The molecule has 0 aliphatic heterocycles. The first-order chi connectivity index (χ1) is 9.01. The van der Waals surface area contributed by atoms with Gasteiger partial charge in [-0.3, -0.25) is 0 Å². The Morgan fingerprint density at radius 2 is 2.00 bits per heavy atom. The standard InChI is InChI=1S/C14H23NO3S/c1-3-19(17,18)14-9-5-4-8-13(14)15-10-6-7-12(2)11-16/h4-5,8-9,12,15-16H,3,6-7,10-11H2,1-2H3. The average Bonchev–Trinajstić information content (AvgIpc) is 2.43. The highest BCUT2D eigenvalue weighted by atomic mass is 32.2. The molecule has 0 saturated carbocycles. The van der Waals surface area contributed by atoms with Crippen LogP contribution in [0.25, 0.3) is 0 Å². The van der Waals surface area contributed by atoms with Gasteiger partial charge in [-0.25, -0.2) is 8.42 Å². The van der Waals surface area contributed by atoms with Crippen molar-refractivity contribution in [2.45, 2.75) is 31.6 Å². The van der Waals surface area contributed by atoms with Crippen molar-refractivity contribution in [3.8, 4) is 0 Å². The molecule has 0 saturated heterocycles. The Kier molecular flexibility index (Phi) is 6.31. The van der Waals surface area contributed by atoms with Crippen LogP contribution in [0.1, 0.15) is 26.7 Å². The first-order valence-corrected chi connectivity index (χ1v) is 8.33. The summed E-state index contributed by atoms with van der Waals surface area (Å²) in [6.07, 6.45) is 1.83. The van der Waals surface area contributed by atoms with Crippen LogP contribution in [0, 0.1) is 5.92 Å². The molecule has 0 amide bonds. The molecule has 1 aromatic carbocycles. The fraction of sp³-hybridized carbons (Fsp3) is 0.571. The Morgan fingerprint density at radius 3 is 2.63 bits per heavy atom. The van der Waals surface area contributed by atoms with Crippen molar-refractivity contribution in [1.82, 2.24) is 0 Å². The number of sulfone groups is 1. The molecule has 0 aliphatic carbocycles. The molecule has 0 bridgehead atoms. The van der Waals surface area contributed by atoms with Gasteiger partial charge in [0.05, 0.1) is 16.3 Å². The molecule has 0 spiro atoms. The second kappa shape index (κ2) is 7.50. The normalized spacial score (nSPS) is 13.2. The van der Waals surface area contributed by atoms with Crippen LogP contribution in [0.5, 0.6) is 0 Å². The highest BCUT2D eigenvalue weighted by molar-refractivity contribution is 7.91. The van der Waals surface area contributed by atoms with Crippen LogP contribution in [-0.4, -0.2) is 32.4 Å². The van der Waals surface area contributed by atoms with Gasteiger partial charge in [-0.2, -0.15) is 0 Å². The first kappa shape index (κ1) is 16.0. The number of anilines is 1. The molecule has 0 aliphatic rings. The van der Waals surface area contributed by atoms with Crippen LogP contribution in [-0.2, 0) is 9.84 Å². The summed E-state index contributed by atoms with van der Waals surface area (Å²) in [7, 11) is -3.19. The van der Waals surface area contributed by atoms with Gasteiger partial charge in [-0.1, -0.05) is 26.0 Å². The zero-order valence-corrected chi connectivity index (χ0v) is 12.4. The quantitative estimate of drug-likeness (QED) is 0.719. The van der Waals surface area contributed by atoms with E-state index in [1.165, 1.54) is 0 Å². The van der Waals surface area contributed by atoms with Crippen molar-refractivity contribution in [2.24, 2.45) is 5.92 Å². The summed E-state index contributed by atoms with van der Waals surface area (Å²) in [5.41, 5.74) is 0.668. The lowest BCUT2D eigenvalue weighted by atomic mass is 10.1. The third-order valence-electron chi connectivity index (χ3n) is 3.10. The number of hydrogen-bond donors (Lipinski definition) is 2. The molecule has 0 heterocycles. The Morgan fingerprint density at radius 1 is 1.32 bits per heavy atom. The number of hydrogen-bond acceptors (Lipinski definition) is 4. The molecule has 5 heteroatoms. The molecule has 0 fully saturated rings. The van der Waals surface area contributed by atoms with E-state index in [-0.39, 0.29) is 18.3 Å². The lowest BCUT2D eigenvalue weighted by molar-refractivity contribution is 0.229. The summed E-state index contributed by atoms with van der Waals surface area (Å²) in [5.74, 6) is 0.393. The summed E-state index contributed by atoms with van der Waals surface area (Å²) in [6.45, 7) is 4.55. The van der Waals surface area contributed by atoms with Crippen LogP contribution in [0.2, 0.25) is 0 Å². The van der Waals surface area contributed by atoms with Crippen molar-refractivity contribution in [3.05, 3.63) is 24.3 Å². The highest BCUT2D eigenvalue weighted by Crippen LogP contribution is 2.22. The molecule has 1 atom stereocenters. The van der Waals surface area contributed by atoms with Gasteiger partial charge >= 0.3 is 0 Å². The second-order valence-corrected chi connectivity index (χ2v) is 7.00.